The molecular weight excluding hydrogens is 612 g/mol. The molecule has 0 fully saturated rings. The first kappa shape index (κ1) is 30.8. The van der Waals surface area contributed by atoms with Crippen LogP contribution in [0.1, 0.15) is 57.4 Å². The normalized spacial score (nSPS) is 12.4. The molecule has 1 heterocycles. The maximum Gasteiger partial charge on any atom is 0.357 e. The van der Waals surface area contributed by atoms with Crippen LogP contribution >= 0.6 is 15.9 Å². The zero-order chi connectivity index (χ0) is 29.0. The summed E-state index contributed by atoms with van der Waals surface area (Å²) in [5.41, 5.74) is -1.25. The molecule has 3 aromatic rings. The summed E-state index contributed by atoms with van der Waals surface area (Å²) in [7, 11) is -8.83. The van der Waals surface area contributed by atoms with Crippen LogP contribution in [0.4, 0.5) is 0 Å². The van der Waals surface area contributed by atoms with Gasteiger partial charge in [0.05, 0.1) is 17.0 Å². The third kappa shape index (κ3) is 7.27. The summed E-state index contributed by atoms with van der Waals surface area (Å²) >= 11 is 3.30. The van der Waals surface area contributed by atoms with Gasteiger partial charge in [-0.1, -0.05) is 34.1 Å². The third-order valence-corrected chi connectivity index (χ3v) is 9.13. The van der Waals surface area contributed by atoms with Gasteiger partial charge in [-0.3, -0.25) is 4.79 Å². The molecule has 0 atom stereocenters. The number of nitrogens with zero attached hydrogens (tertiary/aromatic N) is 1. The highest BCUT2D eigenvalue weighted by Gasteiger charge is 2.37. The van der Waals surface area contributed by atoms with Crippen molar-refractivity contribution >= 4 is 58.8 Å². The molecule has 1 aromatic heterocycles. The Morgan fingerprint density at radius 3 is 2.28 bits per heavy atom. The molecule has 0 saturated heterocycles. The van der Waals surface area contributed by atoms with Gasteiger partial charge in [0.2, 0.25) is 10.0 Å². The molecule has 1 N–H and O–H groups in total. The molecule has 10 nitrogen and oxygen atoms in total. The predicted molar refractivity (Wildman–Crippen MR) is 150 cm³/mol. The van der Waals surface area contributed by atoms with Gasteiger partial charge < -0.3 is 9.47 Å². The molecule has 0 spiro atoms. The molecule has 0 radical (unpaired) electrons. The molecule has 13 heteroatoms. The Balaban J connectivity index is 2.06. The van der Waals surface area contributed by atoms with Gasteiger partial charge in [0, 0.05) is 22.8 Å². The molecule has 0 aliphatic carbocycles. The van der Waals surface area contributed by atoms with Crippen molar-refractivity contribution in [3.63, 3.8) is 0 Å². The number of fused-ring (bicyclic) bond motifs is 1. The van der Waals surface area contributed by atoms with Crippen molar-refractivity contribution in [1.82, 2.24) is 8.69 Å². The Morgan fingerprint density at radius 2 is 1.67 bits per heavy atom. The van der Waals surface area contributed by atoms with E-state index in [9.17, 15) is 26.4 Å². The lowest BCUT2D eigenvalue weighted by Gasteiger charge is -2.19. The van der Waals surface area contributed by atoms with E-state index >= 15 is 0 Å². The SMILES string of the molecule is CCOC(=O)c1c(S(=O)(=O)NCCCCC(=O)OC(C)(C)C)c2cc(Br)ccc2n1S(=O)(=O)c1ccccc1. The molecular formula is C26H31BrN2O8S2. The van der Waals surface area contributed by atoms with E-state index < -0.39 is 48.2 Å². The molecule has 212 valence electrons. The van der Waals surface area contributed by atoms with Crippen molar-refractivity contribution in [2.75, 3.05) is 13.2 Å². The number of nitrogens with one attached hydrogen (secondary N) is 1. The van der Waals surface area contributed by atoms with E-state index in [1.165, 1.54) is 43.3 Å². The zero-order valence-electron chi connectivity index (χ0n) is 22.1. The second kappa shape index (κ2) is 12.2. The van der Waals surface area contributed by atoms with Gasteiger partial charge in [-0.05, 0) is 70.9 Å². The smallest absolute Gasteiger partial charge is 0.357 e. The van der Waals surface area contributed by atoms with Gasteiger partial charge in [-0.2, -0.15) is 0 Å². The predicted octanol–water partition coefficient (Wildman–Crippen LogP) is 4.61. The largest absolute Gasteiger partial charge is 0.461 e. The van der Waals surface area contributed by atoms with Crippen LogP contribution in [0, 0.1) is 0 Å². The number of benzene rings is 2. The van der Waals surface area contributed by atoms with Crippen LogP contribution in [0.15, 0.2) is 62.8 Å². The van der Waals surface area contributed by atoms with Gasteiger partial charge in [0.1, 0.15) is 10.5 Å². The molecule has 39 heavy (non-hydrogen) atoms. The summed E-state index contributed by atoms with van der Waals surface area (Å²) in [5.74, 6) is -1.50. The fourth-order valence-electron chi connectivity index (χ4n) is 3.87. The third-order valence-electron chi connectivity index (χ3n) is 5.38. The van der Waals surface area contributed by atoms with Crippen LogP contribution < -0.4 is 4.72 Å². The van der Waals surface area contributed by atoms with Crippen LogP contribution in [-0.4, -0.2) is 51.5 Å². The number of halogens is 1. The fourth-order valence-corrected chi connectivity index (χ4v) is 7.26. The van der Waals surface area contributed by atoms with Crippen molar-refractivity contribution in [1.29, 1.82) is 0 Å². The Hall–Kier alpha value is -2.74. The van der Waals surface area contributed by atoms with Crippen LogP contribution in [0.25, 0.3) is 10.9 Å². The molecule has 0 saturated carbocycles. The quantitative estimate of drug-likeness (QED) is 0.236. The van der Waals surface area contributed by atoms with Crippen LogP contribution in [-0.2, 0) is 34.3 Å². The molecule has 3 rings (SSSR count). The van der Waals surface area contributed by atoms with Gasteiger partial charge in [0.25, 0.3) is 10.0 Å². The summed E-state index contributed by atoms with van der Waals surface area (Å²) in [6.45, 7) is 6.64. The van der Waals surface area contributed by atoms with E-state index in [1.807, 2.05) is 0 Å². The molecule has 0 unspecified atom stereocenters. The summed E-state index contributed by atoms with van der Waals surface area (Å²) in [6, 6.07) is 11.8. The van der Waals surface area contributed by atoms with Crippen molar-refractivity contribution in [2.24, 2.45) is 0 Å². The van der Waals surface area contributed by atoms with Crippen molar-refractivity contribution in [2.45, 2.75) is 62.3 Å². The number of unbranched alkanes of at least 4 members (excludes halogenated alkanes) is 1. The van der Waals surface area contributed by atoms with Crippen molar-refractivity contribution in [3.05, 3.63) is 58.7 Å². The van der Waals surface area contributed by atoms with E-state index in [1.54, 1.807) is 32.9 Å². The topological polar surface area (TPSA) is 138 Å². The van der Waals surface area contributed by atoms with E-state index in [0.717, 1.165) is 3.97 Å². The number of sulfonamides is 1. The lowest BCUT2D eigenvalue weighted by atomic mass is 10.2. The fraction of sp³-hybridized carbons (Fsp3) is 0.385. The zero-order valence-corrected chi connectivity index (χ0v) is 25.3. The van der Waals surface area contributed by atoms with E-state index in [-0.39, 0.29) is 35.4 Å². The summed E-state index contributed by atoms with van der Waals surface area (Å²) in [4.78, 5) is 24.5. The average Bonchev–Trinajstić information content (AvgIpc) is 3.19. The second-order valence-corrected chi connectivity index (χ2v) is 14.0. The second-order valence-electron chi connectivity index (χ2n) is 9.58. The lowest BCUT2D eigenvalue weighted by molar-refractivity contribution is -0.154. The Kier molecular flexibility index (Phi) is 9.63. The van der Waals surface area contributed by atoms with Crippen LogP contribution in [0.5, 0.6) is 0 Å². The number of rotatable bonds is 11. The first-order valence-electron chi connectivity index (χ1n) is 12.2. The van der Waals surface area contributed by atoms with Crippen molar-refractivity contribution < 1.29 is 35.9 Å². The number of hydrogen-bond donors (Lipinski definition) is 1. The first-order valence-corrected chi connectivity index (χ1v) is 15.9. The number of carbonyl (C=O) groups excluding carboxylic acids is 2. The van der Waals surface area contributed by atoms with E-state index in [0.29, 0.717) is 17.3 Å². The van der Waals surface area contributed by atoms with Crippen LogP contribution in [0.2, 0.25) is 0 Å². The lowest BCUT2D eigenvalue weighted by Crippen LogP contribution is -2.28. The summed E-state index contributed by atoms with van der Waals surface area (Å²) < 4.78 is 68.8. The highest BCUT2D eigenvalue weighted by molar-refractivity contribution is 9.10. The maximum absolute atomic E-state index is 13.7. The standard InChI is InChI=1S/C26H31BrN2O8S2/c1-5-36-25(31)23-24(38(32,33)28-16-10-9-13-22(30)37-26(2,3)4)20-17-18(27)14-15-21(20)29(23)39(34,35)19-11-7-6-8-12-19/h6-8,11-12,14-15,17,28H,5,9-10,13,16H2,1-4H3. The number of aromatic nitrogens is 1. The number of esters is 2. The molecule has 0 amide bonds. The minimum Gasteiger partial charge on any atom is -0.461 e. The monoisotopic (exact) mass is 642 g/mol. The molecule has 0 aliphatic rings. The van der Waals surface area contributed by atoms with Gasteiger partial charge in [-0.25, -0.2) is 30.3 Å². The molecule has 0 aliphatic heterocycles. The Bertz CT molecular complexity index is 1580. The maximum atomic E-state index is 13.7. The number of ether oxygens (including phenoxy) is 2. The molecule has 2 aromatic carbocycles. The Morgan fingerprint density at radius 1 is 1.00 bits per heavy atom. The van der Waals surface area contributed by atoms with Gasteiger partial charge in [0.15, 0.2) is 5.69 Å². The summed E-state index contributed by atoms with van der Waals surface area (Å²) in [6.07, 6.45) is 0.768. The Labute approximate surface area is 236 Å². The van der Waals surface area contributed by atoms with Crippen molar-refractivity contribution in [3.8, 4) is 0 Å². The minimum absolute atomic E-state index is 0.00425. The highest BCUT2D eigenvalue weighted by Crippen LogP contribution is 2.35. The van der Waals surface area contributed by atoms with E-state index in [4.69, 9.17) is 9.47 Å². The number of carbonyl (C=O) groups is 2. The van der Waals surface area contributed by atoms with Gasteiger partial charge in [-0.15, -0.1) is 0 Å². The average molecular weight is 644 g/mol. The minimum atomic E-state index is -4.42. The molecule has 0 bridgehead atoms. The van der Waals surface area contributed by atoms with Crippen LogP contribution in [0.3, 0.4) is 0 Å². The highest BCUT2D eigenvalue weighted by atomic mass is 79.9. The first-order chi connectivity index (χ1) is 18.2. The van der Waals surface area contributed by atoms with Gasteiger partial charge >= 0.3 is 11.9 Å². The van der Waals surface area contributed by atoms with E-state index in [2.05, 4.69) is 20.7 Å². The number of hydrogen-bond acceptors (Lipinski definition) is 8. The summed E-state index contributed by atoms with van der Waals surface area (Å²) in [5, 5.41) is 0.0215.